The average molecular weight is 457 g/mol. The van der Waals surface area contributed by atoms with Crippen LogP contribution in [0.15, 0.2) is 42.5 Å². The summed E-state index contributed by atoms with van der Waals surface area (Å²) in [4.78, 5) is 38.0. The number of anilines is 3. The third-order valence-electron chi connectivity index (χ3n) is 5.62. The lowest BCUT2D eigenvalue weighted by Gasteiger charge is -2.23. The van der Waals surface area contributed by atoms with Crippen LogP contribution in [0.25, 0.3) is 0 Å². The number of amides is 3. The molecule has 0 unspecified atom stereocenters. The summed E-state index contributed by atoms with van der Waals surface area (Å²) in [5.41, 5.74) is 2.39. The maximum Gasteiger partial charge on any atom is 0.253 e. The van der Waals surface area contributed by atoms with Crippen LogP contribution in [0, 0.1) is 0 Å². The predicted octanol–water partition coefficient (Wildman–Crippen LogP) is 4.44. The molecule has 0 radical (unpaired) electrons. The second-order valence-corrected chi connectivity index (χ2v) is 8.44. The highest BCUT2D eigenvalue weighted by Gasteiger charge is 2.19. The number of carbonyl (C=O) groups excluding carboxylic acids is 3. The van der Waals surface area contributed by atoms with Gasteiger partial charge in [0, 0.05) is 37.1 Å². The van der Waals surface area contributed by atoms with Gasteiger partial charge in [-0.2, -0.15) is 0 Å². The molecule has 1 aliphatic rings. The second-order valence-electron chi connectivity index (χ2n) is 8.03. The van der Waals surface area contributed by atoms with Gasteiger partial charge >= 0.3 is 0 Å². The van der Waals surface area contributed by atoms with Crippen molar-refractivity contribution in [3.63, 3.8) is 0 Å². The van der Waals surface area contributed by atoms with Gasteiger partial charge in [-0.25, -0.2) is 0 Å². The number of nitrogens with zero attached hydrogens (tertiary/aromatic N) is 1. The van der Waals surface area contributed by atoms with Crippen molar-refractivity contribution in [2.24, 2.45) is 0 Å². The lowest BCUT2D eigenvalue weighted by molar-refractivity contribution is -0.116. The van der Waals surface area contributed by atoms with Crippen LogP contribution >= 0.6 is 11.6 Å². The molecule has 2 aromatic rings. The maximum atomic E-state index is 12.7. The number of halogens is 1. The molecule has 0 bridgehead atoms. The fourth-order valence-corrected chi connectivity index (χ4v) is 3.86. The molecule has 8 heteroatoms. The number of carbonyl (C=O) groups is 3. The number of rotatable bonds is 7. The minimum atomic E-state index is -0.254. The largest absolute Gasteiger partial charge is 0.376 e. The van der Waals surface area contributed by atoms with Gasteiger partial charge in [0.05, 0.1) is 17.1 Å². The Kier molecular flexibility index (Phi) is 8.11. The third-order valence-corrected chi connectivity index (χ3v) is 5.94. The van der Waals surface area contributed by atoms with Crippen LogP contribution in [-0.2, 0) is 9.59 Å². The summed E-state index contributed by atoms with van der Waals surface area (Å²) in [6.07, 6.45) is 5.42. The summed E-state index contributed by atoms with van der Waals surface area (Å²) < 4.78 is 0. The van der Waals surface area contributed by atoms with E-state index >= 15 is 0 Å². The first-order valence-electron chi connectivity index (χ1n) is 10.8. The zero-order valence-electron chi connectivity index (χ0n) is 18.4. The van der Waals surface area contributed by atoms with Crippen LogP contribution < -0.4 is 20.9 Å². The molecular weight excluding hydrogens is 428 g/mol. The summed E-state index contributed by atoms with van der Waals surface area (Å²) in [5.74, 6) is -0.525. The molecule has 0 spiro atoms. The van der Waals surface area contributed by atoms with E-state index < -0.39 is 0 Å². The van der Waals surface area contributed by atoms with Crippen LogP contribution in [0.4, 0.5) is 17.1 Å². The average Bonchev–Trinajstić information content (AvgIpc) is 2.79. The number of nitrogens with one attached hydrogen (secondary N) is 3. The van der Waals surface area contributed by atoms with Crippen molar-refractivity contribution in [3.05, 3.63) is 53.1 Å². The topological polar surface area (TPSA) is 90.5 Å². The maximum absolute atomic E-state index is 12.7. The van der Waals surface area contributed by atoms with Gasteiger partial charge in [0.1, 0.15) is 0 Å². The molecule has 1 saturated carbocycles. The molecule has 0 aromatic heterocycles. The first-order valence-corrected chi connectivity index (χ1v) is 11.2. The van der Waals surface area contributed by atoms with E-state index in [9.17, 15) is 14.4 Å². The molecule has 2 aromatic carbocycles. The van der Waals surface area contributed by atoms with Crippen molar-refractivity contribution < 1.29 is 14.4 Å². The Hall–Kier alpha value is -3.06. The summed E-state index contributed by atoms with van der Waals surface area (Å²) in [7, 11) is 1.70. The molecule has 3 N–H and O–H groups in total. The Morgan fingerprint density at radius 3 is 2.31 bits per heavy atom. The smallest absolute Gasteiger partial charge is 0.253 e. The Bertz CT molecular complexity index is 972. The molecule has 32 heavy (non-hydrogen) atoms. The van der Waals surface area contributed by atoms with E-state index in [1.165, 1.54) is 13.3 Å². The number of hydrogen-bond donors (Lipinski definition) is 3. The minimum absolute atomic E-state index is 0.0497. The van der Waals surface area contributed by atoms with Crippen molar-refractivity contribution in [1.82, 2.24) is 5.32 Å². The lowest BCUT2D eigenvalue weighted by atomic mass is 9.95. The van der Waals surface area contributed by atoms with Gasteiger partial charge in [-0.15, -0.1) is 0 Å². The molecule has 0 aliphatic heterocycles. The fraction of sp³-hybridized carbons (Fsp3) is 0.375. The Balaban J connectivity index is 1.55. The van der Waals surface area contributed by atoms with E-state index in [0.717, 1.165) is 37.1 Å². The zero-order chi connectivity index (χ0) is 23.1. The summed E-state index contributed by atoms with van der Waals surface area (Å²) in [6, 6.07) is 12.3. The van der Waals surface area contributed by atoms with Crippen molar-refractivity contribution in [2.45, 2.75) is 45.1 Å². The molecule has 170 valence electrons. The Morgan fingerprint density at radius 1 is 1.00 bits per heavy atom. The number of hydrogen-bond acceptors (Lipinski definition) is 4. The van der Waals surface area contributed by atoms with Crippen molar-refractivity contribution in [2.75, 3.05) is 29.1 Å². The highest BCUT2D eigenvalue weighted by molar-refractivity contribution is 6.34. The van der Waals surface area contributed by atoms with Crippen LogP contribution in [0.5, 0.6) is 0 Å². The van der Waals surface area contributed by atoms with E-state index in [4.69, 9.17) is 11.6 Å². The number of benzene rings is 2. The summed E-state index contributed by atoms with van der Waals surface area (Å²) in [6.45, 7) is 1.55. The van der Waals surface area contributed by atoms with E-state index in [1.54, 1.807) is 54.4 Å². The first-order chi connectivity index (χ1) is 15.3. The highest BCUT2D eigenvalue weighted by atomic mass is 35.5. The van der Waals surface area contributed by atoms with Gasteiger partial charge in [0.2, 0.25) is 11.8 Å². The van der Waals surface area contributed by atoms with Gasteiger partial charge < -0.3 is 20.9 Å². The first kappa shape index (κ1) is 23.6. The van der Waals surface area contributed by atoms with E-state index in [-0.39, 0.29) is 30.3 Å². The summed E-state index contributed by atoms with van der Waals surface area (Å²) in [5, 5.41) is 9.23. The molecule has 7 nitrogen and oxygen atoms in total. The van der Waals surface area contributed by atoms with E-state index in [1.807, 2.05) is 0 Å². The van der Waals surface area contributed by atoms with Gasteiger partial charge in [-0.3, -0.25) is 14.4 Å². The SMILES string of the molecule is CC(=O)N(C)c1ccc(NCC(=O)Nc2ccc(Cl)c(C(=O)NC3CCCCC3)c2)cc1. The molecule has 0 saturated heterocycles. The van der Waals surface area contributed by atoms with E-state index in [0.29, 0.717) is 16.3 Å². The second kappa shape index (κ2) is 11.0. The highest BCUT2D eigenvalue weighted by Crippen LogP contribution is 2.23. The molecule has 3 rings (SSSR count). The van der Waals surface area contributed by atoms with Crippen molar-refractivity contribution in [3.8, 4) is 0 Å². The molecular formula is C24H29ClN4O3. The third kappa shape index (κ3) is 6.47. The Morgan fingerprint density at radius 2 is 1.66 bits per heavy atom. The molecule has 1 aliphatic carbocycles. The van der Waals surface area contributed by atoms with Crippen LogP contribution in [0.2, 0.25) is 5.02 Å². The summed E-state index contributed by atoms with van der Waals surface area (Å²) >= 11 is 6.23. The van der Waals surface area contributed by atoms with Gasteiger partial charge in [0.25, 0.3) is 5.91 Å². The minimum Gasteiger partial charge on any atom is -0.376 e. The predicted molar refractivity (Wildman–Crippen MR) is 128 cm³/mol. The fourth-order valence-electron chi connectivity index (χ4n) is 3.66. The lowest BCUT2D eigenvalue weighted by Crippen LogP contribution is -2.36. The Labute approximate surface area is 193 Å². The van der Waals surface area contributed by atoms with Crippen LogP contribution in [0.1, 0.15) is 49.4 Å². The van der Waals surface area contributed by atoms with Crippen LogP contribution in [-0.4, -0.2) is 37.4 Å². The van der Waals surface area contributed by atoms with Gasteiger partial charge in [-0.1, -0.05) is 30.9 Å². The quantitative estimate of drug-likeness (QED) is 0.574. The monoisotopic (exact) mass is 456 g/mol. The van der Waals surface area contributed by atoms with Gasteiger partial charge in [-0.05, 0) is 55.3 Å². The van der Waals surface area contributed by atoms with Crippen molar-refractivity contribution in [1.29, 1.82) is 0 Å². The molecule has 1 fully saturated rings. The molecule has 3 amide bonds. The van der Waals surface area contributed by atoms with Gasteiger partial charge in [0.15, 0.2) is 0 Å². The van der Waals surface area contributed by atoms with E-state index in [2.05, 4.69) is 16.0 Å². The van der Waals surface area contributed by atoms with Crippen LogP contribution in [0.3, 0.4) is 0 Å². The normalized spacial score (nSPS) is 13.8. The standard InChI is InChI=1S/C24H29ClN4O3/c1-16(30)29(2)20-11-8-17(9-12-20)26-15-23(31)27-19-10-13-22(25)21(14-19)24(32)28-18-6-4-3-5-7-18/h8-14,18,26H,3-7,15H2,1-2H3,(H,27,31)(H,28,32). The molecule has 0 heterocycles. The molecule has 0 atom stereocenters. The zero-order valence-corrected chi connectivity index (χ0v) is 19.2. The van der Waals surface area contributed by atoms with Crippen molar-refractivity contribution >= 4 is 46.4 Å².